The smallest absolute Gasteiger partial charge is 0.140 e. The van der Waals surface area contributed by atoms with Crippen LogP contribution in [0.4, 0.5) is 0 Å². The van der Waals surface area contributed by atoms with Gasteiger partial charge in [-0.15, -0.1) is 0 Å². The Balaban J connectivity index is 3.04. The highest BCUT2D eigenvalue weighted by molar-refractivity contribution is 4.81. The largest absolute Gasteiger partial charge is 0.378 e. The fourth-order valence-corrected chi connectivity index (χ4v) is 0.0645. The minimum Gasteiger partial charge on any atom is -0.378 e. The molecule has 1 radical (unpaired) electrons. The van der Waals surface area contributed by atoms with Gasteiger partial charge in [-0.05, 0) is 13.3 Å². The summed E-state index contributed by atoms with van der Waals surface area (Å²) in [6.45, 7) is 3.28. The van der Waals surface area contributed by atoms with Crippen molar-refractivity contribution in [1.82, 2.24) is 0 Å². The van der Waals surface area contributed by atoms with E-state index in [2.05, 4.69) is 6.92 Å². The molecule has 2 nitrogen and oxygen atoms in total. The SMILES string of the molecule is [CH2]CC(O)C#N. The van der Waals surface area contributed by atoms with Crippen molar-refractivity contribution in [1.29, 1.82) is 5.26 Å². The van der Waals surface area contributed by atoms with E-state index in [9.17, 15) is 0 Å². The van der Waals surface area contributed by atoms with E-state index in [-0.39, 0.29) is 6.42 Å². The van der Waals surface area contributed by atoms with E-state index in [4.69, 9.17) is 10.4 Å². The second-order valence-electron chi connectivity index (χ2n) is 0.934. The fourth-order valence-electron chi connectivity index (χ4n) is 0.0645. The summed E-state index contributed by atoms with van der Waals surface area (Å²) >= 11 is 0. The predicted octanol–water partition coefficient (Wildman–Crippen LogP) is 0.0951. The lowest BCUT2D eigenvalue weighted by molar-refractivity contribution is 0.233. The Kier molecular flexibility index (Phi) is 2.43. The molecule has 0 aromatic carbocycles. The highest BCUT2D eigenvalue weighted by Gasteiger charge is 1.90. The van der Waals surface area contributed by atoms with Crippen molar-refractivity contribution in [3.05, 3.63) is 6.92 Å². The maximum absolute atomic E-state index is 8.24. The van der Waals surface area contributed by atoms with Crippen molar-refractivity contribution in [2.24, 2.45) is 0 Å². The summed E-state index contributed by atoms with van der Waals surface area (Å²) < 4.78 is 0. The molecule has 6 heavy (non-hydrogen) atoms. The van der Waals surface area contributed by atoms with E-state index < -0.39 is 6.10 Å². The maximum Gasteiger partial charge on any atom is 0.140 e. The molecule has 0 heterocycles. The molecule has 0 aromatic heterocycles. The third kappa shape index (κ3) is 1.74. The van der Waals surface area contributed by atoms with E-state index in [1.54, 1.807) is 6.07 Å². The number of hydrogen-bond donors (Lipinski definition) is 1. The Morgan fingerprint density at radius 1 is 2.00 bits per heavy atom. The standard InChI is InChI=1S/C4H6NO/c1-2-4(6)3-5/h4,6H,1-2H2. The molecular formula is C4H6NO. The molecule has 0 aliphatic heterocycles. The zero-order valence-corrected chi connectivity index (χ0v) is 3.39. The van der Waals surface area contributed by atoms with Gasteiger partial charge in [-0.3, -0.25) is 0 Å². The number of nitriles is 1. The molecule has 0 saturated carbocycles. The first-order chi connectivity index (χ1) is 2.81. The summed E-state index contributed by atoms with van der Waals surface area (Å²) in [4.78, 5) is 0. The van der Waals surface area contributed by atoms with E-state index in [0.717, 1.165) is 0 Å². The first-order valence-corrected chi connectivity index (χ1v) is 1.68. The molecule has 0 rings (SSSR count). The monoisotopic (exact) mass is 84.0 g/mol. The van der Waals surface area contributed by atoms with Crippen molar-refractivity contribution >= 4 is 0 Å². The summed E-state index contributed by atoms with van der Waals surface area (Å²) in [5.41, 5.74) is 0. The summed E-state index contributed by atoms with van der Waals surface area (Å²) in [5, 5.41) is 16.0. The summed E-state index contributed by atoms with van der Waals surface area (Å²) in [5.74, 6) is 0. The van der Waals surface area contributed by atoms with Crippen LogP contribution >= 0.6 is 0 Å². The van der Waals surface area contributed by atoms with Crippen molar-refractivity contribution in [3.63, 3.8) is 0 Å². The third-order valence-electron chi connectivity index (χ3n) is 0.422. The van der Waals surface area contributed by atoms with Crippen LogP contribution in [0, 0.1) is 18.3 Å². The van der Waals surface area contributed by atoms with Crippen LogP contribution in [-0.4, -0.2) is 11.2 Å². The number of aliphatic hydroxyl groups excluding tert-OH is 1. The maximum atomic E-state index is 8.24. The first-order valence-electron chi connectivity index (χ1n) is 1.68. The molecule has 1 N–H and O–H groups in total. The van der Waals surface area contributed by atoms with Crippen molar-refractivity contribution in [2.75, 3.05) is 0 Å². The Hall–Kier alpha value is -0.550. The minimum absolute atomic E-state index is 0.274. The number of nitrogens with zero attached hydrogens (tertiary/aromatic N) is 1. The molecule has 0 spiro atoms. The molecule has 1 atom stereocenters. The van der Waals surface area contributed by atoms with Crippen LogP contribution in [-0.2, 0) is 0 Å². The summed E-state index contributed by atoms with van der Waals surface area (Å²) in [6, 6.07) is 1.61. The van der Waals surface area contributed by atoms with Gasteiger partial charge < -0.3 is 5.11 Å². The van der Waals surface area contributed by atoms with Crippen LogP contribution in [0.1, 0.15) is 6.42 Å². The van der Waals surface area contributed by atoms with Crippen LogP contribution in [0.15, 0.2) is 0 Å². The molecule has 33 valence electrons. The van der Waals surface area contributed by atoms with Gasteiger partial charge in [0.15, 0.2) is 0 Å². The molecule has 0 amide bonds. The van der Waals surface area contributed by atoms with E-state index in [0.29, 0.717) is 0 Å². The molecule has 0 saturated heterocycles. The quantitative estimate of drug-likeness (QED) is 0.458. The van der Waals surface area contributed by atoms with Crippen LogP contribution in [0.5, 0.6) is 0 Å². The Morgan fingerprint density at radius 3 is 2.50 bits per heavy atom. The molecule has 2 heteroatoms. The topological polar surface area (TPSA) is 44.0 Å². The lowest BCUT2D eigenvalue weighted by Gasteiger charge is -1.87. The van der Waals surface area contributed by atoms with E-state index in [1.807, 2.05) is 0 Å². The van der Waals surface area contributed by atoms with Gasteiger partial charge in [0.2, 0.25) is 0 Å². The Labute approximate surface area is 37.0 Å². The first kappa shape index (κ1) is 5.45. The van der Waals surface area contributed by atoms with E-state index in [1.165, 1.54) is 0 Å². The van der Waals surface area contributed by atoms with Crippen molar-refractivity contribution < 1.29 is 5.11 Å². The van der Waals surface area contributed by atoms with Gasteiger partial charge in [0.05, 0.1) is 6.07 Å². The van der Waals surface area contributed by atoms with Crippen molar-refractivity contribution in [2.45, 2.75) is 12.5 Å². The van der Waals surface area contributed by atoms with Gasteiger partial charge in [0.1, 0.15) is 6.10 Å². The number of rotatable bonds is 1. The van der Waals surface area contributed by atoms with Gasteiger partial charge in [-0.1, -0.05) is 0 Å². The van der Waals surface area contributed by atoms with Gasteiger partial charge in [-0.25, -0.2) is 0 Å². The van der Waals surface area contributed by atoms with Gasteiger partial charge in [-0.2, -0.15) is 5.26 Å². The minimum atomic E-state index is -0.870. The molecule has 0 aliphatic carbocycles. The number of aliphatic hydroxyl groups is 1. The molecule has 1 unspecified atom stereocenters. The van der Waals surface area contributed by atoms with Gasteiger partial charge in [0, 0.05) is 0 Å². The van der Waals surface area contributed by atoms with Gasteiger partial charge >= 0.3 is 0 Å². The molecule has 0 fully saturated rings. The van der Waals surface area contributed by atoms with Crippen LogP contribution in [0.3, 0.4) is 0 Å². The van der Waals surface area contributed by atoms with Crippen molar-refractivity contribution in [3.8, 4) is 6.07 Å². The highest BCUT2D eigenvalue weighted by atomic mass is 16.3. The average molecular weight is 84.1 g/mol. The molecule has 0 aliphatic rings. The lowest BCUT2D eigenvalue weighted by Crippen LogP contribution is -1.97. The number of hydrogen-bond acceptors (Lipinski definition) is 2. The van der Waals surface area contributed by atoms with Crippen LogP contribution in [0.25, 0.3) is 0 Å². The zero-order valence-electron chi connectivity index (χ0n) is 3.39. The van der Waals surface area contributed by atoms with Crippen LogP contribution in [0.2, 0.25) is 0 Å². The predicted molar refractivity (Wildman–Crippen MR) is 21.6 cm³/mol. The Morgan fingerprint density at radius 2 is 2.50 bits per heavy atom. The fraction of sp³-hybridized carbons (Fsp3) is 0.500. The average Bonchev–Trinajstić information content (AvgIpc) is 1.65. The van der Waals surface area contributed by atoms with Crippen LogP contribution < -0.4 is 0 Å². The molecule has 0 aromatic rings. The van der Waals surface area contributed by atoms with E-state index >= 15 is 0 Å². The molecular weight excluding hydrogens is 78.1 g/mol. The normalized spacial score (nSPS) is 12.8. The lowest BCUT2D eigenvalue weighted by atomic mass is 10.3. The summed E-state index contributed by atoms with van der Waals surface area (Å²) in [6.07, 6.45) is -0.596. The second kappa shape index (κ2) is 2.67. The third-order valence-corrected chi connectivity index (χ3v) is 0.422. The second-order valence-corrected chi connectivity index (χ2v) is 0.934. The summed E-state index contributed by atoms with van der Waals surface area (Å²) in [7, 11) is 0. The van der Waals surface area contributed by atoms with Gasteiger partial charge in [0.25, 0.3) is 0 Å². The Bertz CT molecular complexity index is 64.4. The molecule has 0 bridgehead atoms. The zero-order chi connectivity index (χ0) is 4.99. The highest BCUT2D eigenvalue weighted by Crippen LogP contribution is 1.81.